The van der Waals surface area contributed by atoms with Crippen LogP contribution in [0, 0.1) is 0 Å². The van der Waals surface area contributed by atoms with Gasteiger partial charge in [-0.2, -0.15) is 0 Å². The van der Waals surface area contributed by atoms with Crippen molar-refractivity contribution in [1.82, 2.24) is 4.57 Å². The Morgan fingerprint density at radius 1 is 0.354 bits per heavy atom. The van der Waals surface area contributed by atoms with E-state index in [4.69, 9.17) is 9.47 Å². The van der Waals surface area contributed by atoms with Gasteiger partial charge in [0.2, 0.25) is 0 Å². The van der Waals surface area contributed by atoms with E-state index in [0.717, 1.165) is 109 Å². The number of benzene rings is 11. The van der Waals surface area contributed by atoms with E-state index in [1.807, 2.05) is 84.9 Å². The lowest BCUT2D eigenvalue weighted by Crippen LogP contribution is -2.18. The Kier molecular flexibility index (Phi) is 13.1. The van der Waals surface area contributed by atoms with Gasteiger partial charge in [-0.25, -0.2) is 0 Å². The molecule has 0 bridgehead atoms. The Morgan fingerprint density at radius 2 is 0.785 bits per heavy atom. The van der Waals surface area contributed by atoms with Crippen molar-refractivity contribution in [3.8, 4) is 39.8 Å². The van der Waals surface area contributed by atoms with E-state index in [1.165, 1.54) is 16.3 Å². The van der Waals surface area contributed by atoms with Gasteiger partial charge < -0.3 is 28.7 Å². The first-order chi connectivity index (χ1) is 39.1. The predicted octanol–water partition coefficient (Wildman–Crippen LogP) is 20.3. The van der Waals surface area contributed by atoms with Gasteiger partial charge in [0.15, 0.2) is 0 Å². The molecule has 0 aliphatic carbocycles. The van der Waals surface area contributed by atoms with Gasteiger partial charge >= 0.3 is 0 Å². The molecule has 0 spiro atoms. The molecule has 1 aromatic heterocycles. The Bertz CT molecular complexity index is 4140. The van der Waals surface area contributed by atoms with Crippen molar-refractivity contribution in [3.63, 3.8) is 0 Å². The lowest BCUT2D eigenvalue weighted by Gasteiger charge is -2.30. The number of allylic oxidation sites excluding steroid dienone is 4. The number of hydrogen-bond donors (Lipinski definition) is 0. The quantitative estimate of drug-likeness (QED) is 0.115. The Morgan fingerprint density at radius 3 is 1.34 bits per heavy atom. The fraction of sp³-hybridized carbons (Fsp3) is 0.0137. The maximum Gasteiger partial charge on any atom is 0.127 e. The highest BCUT2D eigenvalue weighted by Gasteiger charge is 2.21. The van der Waals surface area contributed by atoms with Gasteiger partial charge in [-0.3, -0.25) is 0 Å². The molecule has 0 atom stereocenters. The van der Waals surface area contributed by atoms with E-state index < -0.39 is 0 Å². The summed E-state index contributed by atoms with van der Waals surface area (Å²) in [6.07, 6.45) is 8.45. The van der Waals surface area contributed by atoms with Gasteiger partial charge in [-0.15, -0.1) is 0 Å². The van der Waals surface area contributed by atoms with Crippen LogP contribution in [0.15, 0.2) is 310 Å². The van der Waals surface area contributed by atoms with Crippen molar-refractivity contribution in [2.45, 2.75) is 0 Å². The second-order valence-electron chi connectivity index (χ2n) is 19.4. The van der Waals surface area contributed by atoms with Crippen molar-refractivity contribution in [2.75, 3.05) is 21.2 Å². The average Bonchev–Trinajstić information content (AvgIpc) is 4.05. The first-order valence-corrected chi connectivity index (χ1v) is 26.6. The molecule has 2 heterocycles. The number of ether oxygens (including phenoxy) is 2. The van der Waals surface area contributed by atoms with Gasteiger partial charge in [0, 0.05) is 74.1 Å². The second kappa shape index (κ2) is 21.6. The summed E-state index contributed by atoms with van der Waals surface area (Å²) in [6, 6.07) is 97.5. The highest BCUT2D eigenvalue weighted by atomic mass is 16.5. The monoisotopic (exact) mass is 1020 g/mol. The van der Waals surface area contributed by atoms with Crippen LogP contribution < -0.4 is 24.2 Å². The maximum atomic E-state index is 6.26. The van der Waals surface area contributed by atoms with E-state index in [9.17, 15) is 0 Å². The summed E-state index contributed by atoms with van der Waals surface area (Å²) in [7, 11) is 0. The van der Waals surface area contributed by atoms with Crippen LogP contribution in [0.4, 0.5) is 45.5 Å². The van der Waals surface area contributed by atoms with Crippen LogP contribution in [-0.4, -0.2) is 11.1 Å². The van der Waals surface area contributed by atoms with Gasteiger partial charge in [0.25, 0.3) is 0 Å². The fourth-order valence-electron chi connectivity index (χ4n) is 10.6. The molecular weight excluding hydrogens is 965 g/mol. The number of aromatic nitrogens is 1. The van der Waals surface area contributed by atoms with Gasteiger partial charge in [-0.05, 0) is 180 Å². The zero-order chi connectivity index (χ0) is 52.9. The molecule has 0 saturated carbocycles. The summed E-state index contributed by atoms with van der Waals surface area (Å²) in [5, 5.41) is 2.38. The summed E-state index contributed by atoms with van der Waals surface area (Å²) in [5.41, 5.74) is 15.9. The van der Waals surface area contributed by atoms with Crippen LogP contribution in [0.1, 0.15) is 5.56 Å². The van der Waals surface area contributed by atoms with Crippen LogP contribution in [0.25, 0.3) is 44.2 Å². The Hall–Kier alpha value is -10.6. The molecule has 6 nitrogen and oxygen atoms in total. The highest BCUT2D eigenvalue weighted by molar-refractivity contribution is 6.10. The van der Waals surface area contributed by atoms with Crippen LogP contribution in [-0.2, 0) is 0 Å². The topological polar surface area (TPSA) is 33.1 Å². The van der Waals surface area contributed by atoms with E-state index in [0.29, 0.717) is 0 Å². The van der Waals surface area contributed by atoms with Gasteiger partial charge in [-0.1, -0.05) is 146 Å². The van der Waals surface area contributed by atoms with Crippen LogP contribution >= 0.6 is 0 Å². The SMILES string of the molecule is C=C1/C=C\C=C/CN(c2ccccc2)c2ccc(N(c3ccc(Oc4ccccc4)cc3)c3ccc(-c4ccc(N(c5ccc(Oc6ccccc6)cc5)c5ccc6c(c5)c5ccccc5n6-c5ccccc5)cc4)cc3)cc21. The summed E-state index contributed by atoms with van der Waals surface area (Å²) >= 11 is 0. The molecule has 0 N–H and O–H groups in total. The number of nitrogens with zero attached hydrogens (tertiary/aromatic N) is 4. The molecule has 378 valence electrons. The molecule has 13 rings (SSSR count). The zero-order valence-corrected chi connectivity index (χ0v) is 43.4. The number of hydrogen-bond acceptors (Lipinski definition) is 5. The minimum Gasteiger partial charge on any atom is -0.457 e. The maximum absolute atomic E-state index is 6.26. The van der Waals surface area contributed by atoms with Crippen molar-refractivity contribution in [3.05, 3.63) is 315 Å². The number of fused-ring (bicyclic) bond motifs is 4. The van der Waals surface area contributed by atoms with E-state index >= 15 is 0 Å². The van der Waals surface area contributed by atoms with Crippen molar-refractivity contribution in [1.29, 1.82) is 0 Å². The predicted molar refractivity (Wildman–Crippen MR) is 329 cm³/mol. The molecule has 1 aliphatic heterocycles. The standard InChI is InChI=1S/C73H54N4O2/c1-53-19-7-6-18-50-74(56-20-8-2-9-21-56)71-48-42-62(51-69(53)71)75(60-38-44-66(45-39-60)78-64-24-12-4-13-25-64)58-34-30-54(31-35-58)55-32-36-59(37-33-55)76(61-40-46-67(47-41-61)79-65-26-14-5-15-27-65)63-43-49-73-70(52-63)68-28-16-17-29-72(68)77(73)57-22-10-3-11-23-57/h2-49,51-52H,1,50H2/b18-6-,19-7-. The van der Waals surface area contributed by atoms with Crippen LogP contribution in [0.2, 0.25) is 0 Å². The third-order valence-corrected chi connectivity index (χ3v) is 14.4. The highest BCUT2D eigenvalue weighted by Crippen LogP contribution is 2.44. The van der Waals surface area contributed by atoms with Crippen LogP contribution in [0.5, 0.6) is 23.0 Å². The summed E-state index contributed by atoms with van der Waals surface area (Å²) < 4.78 is 14.9. The van der Waals surface area contributed by atoms with Gasteiger partial charge in [0.05, 0.1) is 11.0 Å². The molecule has 0 amide bonds. The summed E-state index contributed by atoms with van der Waals surface area (Å²) in [5.74, 6) is 3.12. The second-order valence-corrected chi connectivity index (χ2v) is 19.4. The third kappa shape index (κ3) is 9.94. The average molecular weight is 1020 g/mol. The zero-order valence-electron chi connectivity index (χ0n) is 43.4. The molecular formula is C73H54N4O2. The van der Waals surface area contributed by atoms with Crippen molar-refractivity contribution >= 4 is 72.9 Å². The van der Waals surface area contributed by atoms with Crippen molar-refractivity contribution in [2.24, 2.45) is 0 Å². The lowest BCUT2D eigenvalue weighted by molar-refractivity contribution is 0.482. The normalized spacial score (nSPS) is 13.0. The molecule has 1 aliphatic rings. The molecule has 79 heavy (non-hydrogen) atoms. The first-order valence-electron chi connectivity index (χ1n) is 26.6. The fourth-order valence-corrected chi connectivity index (χ4v) is 10.6. The number of para-hydroxylation sites is 5. The molecule has 12 aromatic rings. The minimum atomic E-state index is 0.718. The molecule has 0 saturated heterocycles. The summed E-state index contributed by atoms with van der Waals surface area (Å²) in [4.78, 5) is 6.97. The minimum absolute atomic E-state index is 0.718. The smallest absolute Gasteiger partial charge is 0.127 e. The van der Waals surface area contributed by atoms with E-state index in [-0.39, 0.29) is 0 Å². The van der Waals surface area contributed by atoms with Gasteiger partial charge in [0.1, 0.15) is 23.0 Å². The van der Waals surface area contributed by atoms with Crippen molar-refractivity contribution < 1.29 is 9.47 Å². The lowest BCUT2D eigenvalue weighted by atomic mass is 10.0. The number of anilines is 8. The molecule has 0 fully saturated rings. The van der Waals surface area contributed by atoms with E-state index in [2.05, 4.69) is 244 Å². The Labute approximate surface area is 461 Å². The van der Waals surface area contributed by atoms with Crippen LogP contribution in [0.3, 0.4) is 0 Å². The third-order valence-electron chi connectivity index (χ3n) is 14.4. The molecule has 11 aromatic carbocycles. The van der Waals surface area contributed by atoms with E-state index in [1.54, 1.807) is 0 Å². The largest absolute Gasteiger partial charge is 0.457 e. The number of rotatable bonds is 13. The molecule has 6 heteroatoms. The summed E-state index contributed by atoms with van der Waals surface area (Å²) in [6.45, 7) is 5.30. The molecule has 0 radical (unpaired) electrons. The Balaban J connectivity index is 0.861. The first kappa shape index (κ1) is 48.1. The molecule has 0 unspecified atom stereocenters.